The van der Waals surface area contributed by atoms with E-state index in [1.807, 2.05) is 11.0 Å². The van der Waals surface area contributed by atoms with Crippen LogP contribution in [-0.4, -0.2) is 11.9 Å². The highest BCUT2D eigenvalue weighted by atomic mass is 16.1. The Morgan fingerprint density at radius 3 is 2.17 bits per heavy atom. The molecule has 0 rings (SSSR count). The second-order valence-electron chi connectivity index (χ2n) is 0.407. The molecule has 0 aliphatic rings. The summed E-state index contributed by atoms with van der Waals surface area (Å²) in [4.78, 5) is 9.15. The summed E-state index contributed by atoms with van der Waals surface area (Å²) in [5.74, 6) is 4.55. The van der Waals surface area contributed by atoms with E-state index in [1.165, 1.54) is 0 Å². The Morgan fingerprint density at radius 2 is 2.17 bits per heavy atom. The second-order valence-corrected chi connectivity index (χ2v) is 0.407. The largest absolute Gasteiger partial charge is 0.412 e. The fourth-order valence-corrected chi connectivity index (χ4v) is 0.0340. The van der Waals surface area contributed by atoms with Crippen LogP contribution in [0.25, 0.3) is 0 Å². The molecule has 0 saturated heterocycles. The predicted octanol–water partition coefficient (Wildman–Crippen LogP) is -2.71. The molecule has 0 aliphatic carbocycles. The molecule has 0 aromatic carbocycles. The number of nitrogens with two attached hydrogens (primary N) is 1. The van der Waals surface area contributed by atoms with Crippen molar-refractivity contribution in [3.8, 4) is 0 Å². The molecule has 6 heavy (non-hydrogen) atoms. The van der Waals surface area contributed by atoms with Gasteiger partial charge in [0.05, 0.1) is 0 Å². The molecule has 0 atom stereocenters. The molecule has 0 radical (unpaired) electrons. The Labute approximate surface area is 34.8 Å². The minimum atomic E-state index is 0. The summed E-state index contributed by atoms with van der Waals surface area (Å²) < 4.78 is 0. The molecule has 0 fully saturated rings. The minimum absolute atomic E-state index is 0. The van der Waals surface area contributed by atoms with Crippen molar-refractivity contribution >= 4 is 6.41 Å². The SMILES string of the molecule is NNNC=O.O. The van der Waals surface area contributed by atoms with Crippen molar-refractivity contribution in [3.05, 3.63) is 0 Å². The molecule has 0 spiro atoms. The summed E-state index contributed by atoms with van der Waals surface area (Å²) in [6, 6.07) is 0. The van der Waals surface area contributed by atoms with Gasteiger partial charge in [0, 0.05) is 0 Å². The second kappa shape index (κ2) is 8.84. The topological polar surface area (TPSA) is 98.7 Å². The summed E-state index contributed by atoms with van der Waals surface area (Å²) in [6.45, 7) is 0. The standard InChI is InChI=1S/CH5N3O.H2O/c2-4-3-1-5;/h1,4H,2H2,(H,3,5);1H2. The Hall–Kier alpha value is -0.650. The lowest BCUT2D eigenvalue weighted by Crippen LogP contribution is -2.36. The lowest BCUT2D eigenvalue weighted by molar-refractivity contribution is -0.110. The van der Waals surface area contributed by atoms with Crippen LogP contribution in [0.4, 0.5) is 0 Å². The third-order valence-electron chi connectivity index (χ3n) is 0.142. The number of amides is 1. The summed E-state index contributed by atoms with van der Waals surface area (Å²) >= 11 is 0. The van der Waals surface area contributed by atoms with Gasteiger partial charge in [-0.1, -0.05) is 0 Å². The third kappa shape index (κ3) is 10.2. The molecule has 0 bridgehead atoms. The van der Waals surface area contributed by atoms with E-state index < -0.39 is 0 Å². The van der Waals surface area contributed by atoms with Crippen molar-refractivity contribution in [1.29, 1.82) is 0 Å². The number of rotatable bonds is 2. The number of hydrazine groups is 2. The Kier molecular flexibility index (Phi) is 13.3. The maximum absolute atomic E-state index is 9.15. The van der Waals surface area contributed by atoms with E-state index in [0.29, 0.717) is 6.41 Å². The highest BCUT2D eigenvalue weighted by Gasteiger charge is 1.54. The molecule has 0 aliphatic heterocycles. The Bertz CT molecular complexity index is 30.0. The molecule has 0 heterocycles. The normalized spacial score (nSPS) is 5.50. The van der Waals surface area contributed by atoms with Crippen LogP contribution in [0.15, 0.2) is 0 Å². The van der Waals surface area contributed by atoms with E-state index in [2.05, 4.69) is 5.84 Å². The Morgan fingerprint density at radius 1 is 1.67 bits per heavy atom. The van der Waals surface area contributed by atoms with E-state index in [0.717, 1.165) is 0 Å². The molecule has 5 nitrogen and oxygen atoms in total. The van der Waals surface area contributed by atoms with Gasteiger partial charge in [-0.05, 0) is 0 Å². The van der Waals surface area contributed by atoms with Gasteiger partial charge in [-0.3, -0.25) is 16.1 Å². The number of hydrogen-bond donors (Lipinski definition) is 3. The first-order chi connectivity index (χ1) is 2.41. The van der Waals surface area contributed by atoms with Gasteiger partial charge >= 0.3 is 0 Å². The molecule has 5 heteroatoms. The van der Waals surface area contributed by atoms with Crippen LogP contribution in [0, 0.1) is 0 Å². The van der Waals surface area contributed by atoms with Crippen molar-refractivity contribution < 1.29 is 10.3 Å². The van der Waals surface area contributed by atoms with Crippen LogP contribution in [0.2, 0.25) is 0 Å². The minimum Gasteiger partial charge on any atom is -0.412 e. The zero-order chi connectivity index (χ0) is 4.12. The summed E-state index contributed by atoms with van der Waals surface area (Å²) in [6.07, 6.45) is 0.444. The number of nitrogens with one attached hydrogen (secondary N) is 2. The van der Waals surface area contributed by atoms with Gasteiger partial charge in [0.25, 0.3) is 0 Å². The zero-order valence-corrected chi connectivity index (χ0v) is 3.06. The summed E-state index contributed by atoms with van der Waals surface area (Å²) in [5.41, 5.74) is 3.86. The molecule has 0 unspecified atom stereocenters. The van der Waals surface area contributed by atoms with Gasteiger partial charge in [-0.15, -0.1) is 0 Å². The maximum atomic E-state index is 9.15. The predicted molar refractivity (Wildman–Crippen MR) is 20.1 cm³/mol. The van der Waals surface area contributed by atoms with E-state index >= 15 is 0 Å². The number of carbonyl (C=O) groups is 1. The highest BCUT2D eigenvalue weighted by Crippen LogP contribution is 1.09. The lowest BCUT2D eigenvalue weighted by atomic mass is 11.4. The summed E-state index contributed by atoms with van der Waals surface area (Å²) in [7, 11) is 0. The molecule has 0 saturated carbocycles. The van der Waals surface area contributed by atoms with Gasteiger partial charge in [-0.2, -0.15) is 5.53 Å². The van der Waals surface area contributed by atoms with Crippen LogP contribution in [-0.2, 0) is 4.79 Å². The van der Waals surface area contributed by atoms with Crippen molar-refractivity contribution in [3.63, 3.8) is 0 Å². The van der Waals surface area contributed by atoms with Crippen LogP contribution >= 0.6 is 0 Å². The fraction of sp³-hybridized carbons (Fsp3) is 0. The molecular formula is CH7N3O2. The van der Waals surface area contributed by atoms with E-state index in [1.54, 1.807) is 0 Å². The molecule has 0 aromatic rings. The molecule has 0 aromatic heterocycles. The van der Waals surface area contributed by atoms with Crippen molar-refractivity contribution in [2.24, 2.45) is 5.84 Å². The van der Waals surface area contributed by atoms with Gasteiger partial charge in [0.15, 0.2) is 0 Å². The van der Waals surface area contributed by atoms with Gasteiger partial charge in [-0.25, -0.2) is 0 Å². The smallest absolute Gasteiger partial charge is 0.222 e. The van der Waals surface area contributed by atoms with E-state index in [9.17, 15) is 0 Å². The van der Waals surface area contributed by atoms with Crippen LogP contribution in [0.1, 0.15) is 0 Å². The first-order valence-electron chi connectivity index (χ1n) is 1.06. The zero-order valence-electron chi connectivity index (χ0n) is 3.06. The van der Waals surface area contributed by atoms with Crippen molar-refractivity contribution in [1.82, 2.24) is 11.0 Å². The molecular weight excluding hydrogens is 86.0 g/mol. The maximum Gasteiger partial charge on any atom is 0.222 e. The third-order valence-corrected chi connectivity index (χ3v) is 0.142. The van der Waals surface area contributed by atoms with Gasteiger partial charge in [0.2, 0.25) is 6.41 Å². The highest BCUT2D eigenvalue weighted by molar-refractivity contribution is 5.44. The van der Waals surface area contributed by atoms with Crippen LogP contribution in [0.5, 0.6) is 0 Å². The average molecular weight is 93.1 g/mol. The summed E-state index contributed by atoms with van der Waals surface area (Å²) in [5, 5.41) is 0. The van der Waals surface area contributed by atoms with Gasteiger partial charge < -0.3 is 5.48 Å². The Balaban J connectivity index is 0. The van der Waals surface area contributed by atoms with Crippen LogP contribution < -0.4 is 16.8 Å². The molecule has 38 valence electrons. The first-order valence-corrected chi connectivity index (χ1v) is 1.06. The first kappa shape index (κ1) is 9.02. The number of hydrogen-bond acceptors (Lipinski definition) is 3. The lowest BCUT2D eigenvalue weighted by Gasteiger charge is -1.83. The van der Waals surface area contributed by atoms with Crippen molar-refractivity contribution in [2.75, 3.05) is 0 Å². The van der Waals surface area contributed by atoms with Crippen molar-refractivity contribution in [2.45, 2.75) is 0 Å². The average Bonchev–Trinajstić information content (AvgIpc) is 1.41. The monoisotopic (exact) mass is 93.1 g/mol. The fourth-order valence-electron chi connectivity index (χ4n) is 0.0340. The molecule has 1 amide bonds. The quantitative estimate of drug-likeness (QED) is 0.196. The van der Waals surface area contributed by atoms with Crippen LogP contribution in [0.3, 0.4) is 0 Å². The van der Waals surface area contributed by atoms with Gasteiger partial charge in [0.1, 0.15) is 0 Å². The molecule has 6 N–H and O–H groups in total. The van der Waals surface area contributed by atoms with E-state index in [-0.39, 0.29) is 5.48 Å². The number of carbonyl (C=O) groups excluding carboxylic acids is 1. The van der Waals surface area contributed by atoms with E-state index in [4.69, 9.17) is 4.79 Å².